The first-order valence-corrected chi connectivity index (χ1v) is 8.07. The first-order valence-electron chi connectivity index (χ1n) is 7.69. The summed E-state index contributed by atoms with van der Waals surface area (Å²) in [6, 6.07) is 6.55. The van der Waals surface area contributed by atoms with Crippen LogP contribution in [0.2, 0.25) is 5.02 Å². The number of hydrogen-bond donors (Lipinski definition) is 1. The third-order valence-electron chi connectivity index (χ3n) is 4.18. The van der Waals surface area contributed by atoms with E-state index in [4.69, 9.17) is 16.3 Å². The van der Waals surface area contributed by atoms with Crippen molar-refractivity contribution in [3.63, 3.8) is 0 Å². The fourth-order valence-corrected chi connectivity index (χ4v) is 3.14. The Bertz CT molecular complexity index is 445. The Labute approximate surface area is 127 Å². The van der Waals surface area contributed by atoms with Crippen LogP contribution in [-0.2, 0) is 0 Å². The van der Waals surface area contributed by atoms with Crippen LogP contribution in [0.1, 0.15) is 52.9 Å². The zero-order valence-corrected chi connectivity index (χ0v) is 13.6. The van der Waals surface area contributed by atoms with Crippen LogP contribution < -0.4 is 10.1 Å². The van der Waals surface area contributed by atoms with Crippen molar-refractivity contribution >= 4 is 17.3 Å². The summed E-state index contributed by atoms with van der Waals surface area (Å²) < 4.78 is 5.47. The Balaban J connectivity index is 1.98. The molecule has 1 N–H and O–H groups in total. The summed E-state index contributed by atoms with van der Waals surface area (Å²) in [5.74, 6) is 0.765. The molecule has 1 saturated carbocycles. The largest absolute Gasteiger partial charge is 0.492 e. The van der Waals surface area contributed by atoms with Crippen molar-refractivity contribution in [2.75, 3.05) is 11.9 Å². The van der Waals surface area contributed by atoms with Gasteiger partial charge in [0.1, 0.15) is 5.75 Å². The number of nitrogens with one attached hydrogen (secondary N) is 1. The molecule has 1 aromatic rings. The van der Waals surface area contributed by atoms with Crippen LogP contribution in [0.5, 0.6) is 5.75 Å². The van der Waals surface area contributed by atoms with E-state index in [9.17, 15) is 0 Å². The second-order valence-corrected chi connectivity index (χ2v) is 6.92. The lowest BCUT2D eigenvalue weighted by Crippen LogP contribution is -2.19. The Morgan fingerprint density at radius 1 is 1.30 bits per heavy atom. The lowest BCUT2D eigenvalue weighted by atomic mass is 9.85. The summed E-state index contributed by atoms with van der Waals surface area (Å²) in [7, 11) is 0. The summed E-state index contributed by atoms with van der Waals surface area (Å²) >= 11 is 6.24. The lowest BCUT2D eigenvalue weighted by Gasteiger charge is -2.22. The minimum absolute atomic E-state index is 0.493. The highest BCUT2D eigenvalue weighted by Crippen LogP contribution is 2.35. The minimum Gasteiger partial charge on any atom is -0.492 e. The molecule has 0 saturated heterocycles. The quantitative estimate of drug-likeness (QED) is 0.740. The number of rotatable bonds is 4. The Hall–Kier alpha value is -0.890. The fourth-order valence-electron chi connectivity index (χ4n) is 2.90. The molecule has 112 valence electrons. The van der Waals surface area contributed by atoms with Gasteiger partial charge in [0.05, 0.1) is 11.6 Å². The molecule has 2 rings (SSSR count). The molecule has 0 radical (unpaired) electrons. The maximum Gasteiger partial charge on any atom is 0.138 e. The van der Waals surface area contributed by atoms with Crippen LogP contribution in [0.15, 0.2) is 18.2 Å². The zero-order chi connectivity index (χ0) is 14.6. The molecule has 1 fully saturated rings. The minimum atomic E-state index is 0.493. The highest BCUT2D eigenvalue weighted by Gasteiger charge is 2.24. The zero-order valence-electron chi connectivity index (χ0n) is 12.8. The van der Waals surface area contributed by atoms with Crippen molar-refractivity contribution < 1.29 is 4.74 Å². The van der Waals surface area contributed by atoms with E-state index in [1.807, 2.05) is 19.1 Å². The molecular weight excluding hydrogens is 270 g/mol. The Kier molecular flexibility index (Phi) is 5.20. The molecule has 0 spiro atoms. The van der Waals surface area contributed by atoms with E-state index in [1.165, 1.54) is 32.1 Å². The molecule has 1 aliphatic rings. The van der Waals surface area contributed by atoms with Gasteiger partial charge in [-0.15, -0.1) is 0 Å². The van der Waals surface area contributed by atoms with E-state index in [0.717, 1.165) is 11.4 Å². The number of anilines is 1. The Morgan fingerprint density at radius 3 is 2.80 bits per heavy atom. The van der Waals surface area contributed by atoms with Gasteiger partial charge in [0.2, 0.25) is 0 Å². The van der Waals surface area contributed by atoms with Crippen LogP contribution in [0.3, 0.4) is 0 Å². The van der Waals surface area contributed by atoms with Crippen molar-refractivity contribution in [3.8, 4) is 5.75 Å². The van der Waals surface area contributed by atoms with Gasteiger partial charge in [0.15, 0.2) is 0 Å². The van der Waals surface area contributed by atoms with E-state index in [2.05, 4.69) is 25.2 Å². The monoisotopic (exact) mass is 295 g/mol. The molecule has 3 heteroatoms. The number of hydrogen-bond acceptors (Lipinski definition) is 2. The molecule has 0 amide bonds. The fraction of sp³-hybridized carbons (Fsp3) is 0.647. The number of halogens is 1. The third kappa shape index (κ3) is 4.31. The van der Waals surface area contributed by atoms with Crippen LogP contribution in [0.4, 0.5) is 5.69 Å². The maximum absolute atomic E-state index is 6.24. The molecule has 0 aliphatic heterocycles. The highest BCUT2D eigenvalue weighted by atomic mass is 35.5. The van der Waals surface area contributed by atoms with Gasteiger partial charge < -0.3 is 10.1 Å². The van der Waals surface area contributed by atoms with Crippen LogP contribution in [0, 0.1) is 5.41 Å². The summed E-state index contributed by atoms with van der Waals surface area (Å²) in [5.41, 5.74) is 1.59. The van der Waals surface area contributed by atoms with Crippen molar-refractivity contribution in [1.82, 2.24) is 0 Å². The molecular formula is C17H26ClNO. The summed E-state index contributed by atoms with van der Waals surface area (Å²) in [6.07, 6.45) is 6.40. The summed E-state index contributed by atoms with van der Waals surface area (Å²) in [6.45, 7) is 7.37. The predicted molar refractivity (Wildman–Crippen MR) is 86.9 cm³/mol. The molecule has 20 heavy (non-hydrogen) atoms. The molecule has 2 nitrogen and oxygen atoms in total. The summed E-state index contributed by atoms with van der Waals surface area (Å²) in [5, 5.41) is 4.31. The van der Waals surface area contributed by atoms with Gasteiger partial charge in [-0.05, 0) is 56.2 Å². The van der Waals surface area contributed by atoms with Crippen molar-refractivity contribution in [3.05, 3.63) is 23.2 Å². The van der Waals surface area contributed by atoms with Crippen LogP contribution >= 0.6 is 11.6 Å². The third-order valence-corrected chi connectivity index (χ3v) is 4.47. The van der Waals surface area contributed by atoms with Gasteiger partial charge in [-0.3, -0.25) is 0 Å². The standard InChI is InChI=1S/C17H26ClNO/c1-4-20-16-8-7-14(12-15(16)18)19-13-6-5-10-17(2,3)11-9-13/h7-8,12-13,19H,4-6,9-11H2,1-3H3. The molecule has 0 aromatic heterocycles. The van der Waals surface area contributed by atoms with Crippen LogP contribution in [0.25, 0.3) is 0 Å². The van der Waals surface area contributed by atoms with Crippen molar-refractivity contribution in [2.24, 2.45) is 5.41 Å². The highest BCUT2D eigenvalue weighted by molar-refractivity contribution is 6.32. The smallest absolute Gasteiger partial charge is 0.138 e. The number of ether oxygens (including phenoxy) is 1. The van der Waals surface area contributed by atoms with E-state index < -0.39 is 0 Å². The Morgan fingerprint density at radius 2 is 2.10 bits per heavy atom. The molecule has 1 aliphatic carbocycles. The normalized spacial score (nSPS) is 22.1. The number of benzene rings is 1. The molecule has 0 bridgehead atoms. The van der Waals surface area contributed by atoms with E-state index in [1.54, 1.807) is 0 Å². The average molecular weight is 296 g/mol. The molecule has 1 aromatic carbocycles. The van der Waals surface area contributed by atoms with Gasteiger partial charge >= 0.3 is 0 Å². The van der Waals surface area contributed by atoms with Gasteiger partial charge in [0.25, 0.3) is 0 Å². The predicted octanol–water partition coefficient (Wildman–Crippen LogP) is 5.51. The van der Waals surface area contributed by atoms with Gasteiger partial charge in [-0.1, -0.05) is 31.9 Å². The van der Waals surface area contributed by atoms with Crippen molar-refractivity contribution in [1.29, 1.82) is 0 Å². The average Bonchev–Trinajstić information content (AvgIpc) is 2.55. The molecule has 1 atom stereocenters. The second-order valence-electron chi connectivity index (χ2n) is 6.51. The lowest BCUT2D eigenvalue weighted by molar-refractivity contribution is 0.313. The second kappa shape index (κ2) is 6.71. The van der Waals surface area contributed by atoms with Crippen LogP contribution in [-0.4, -0.2) is 12.6 Å². The molecule has 0 heterocycles. The van der Waals surface area contributed by atoms with E-state index in [-0.39, 0.29) is 0 Å². The van der Waals surface area contributed by atoms with Gasteiger partial charge in [-0.2, -0.15) is 0 Å². The van der Waals surface area contributed by atoms with Crippen molar-refractivity contribution in [2.45, 2.75) is 58.9 Å². The van der Waals surface area contributed by atoms with Gasteiger partial charge in [-0.25, -0.2) is 0 Å². The maximum atomic E-state index is 6.24. The topological polar surface area (TPSA) is 21.3 Å². The van der Waals surface area contributed by atoms with Gasteiger partial charge in [0, 0.05) is 11.7 Å². The molecule has 1 unspecified atom stereocenters. The first kappa shape index (κ1) is 15.5. The van der Waals surface area contributed by atoms with E-state index in [0.29, 0.717) is 23.1 Å². The SMILES string of the molecule is CCOc1ccc(NC2CCCC(C)(C)CC2)cc1Cl. The summed E-state index contributed by atoms with van der Waals surface area (Å²) in [4.78, 5) is 0. The first-order chi connectivity index (χ1) is 9.50. The van der Waals surface area contributed by atoms with E-state index >= 15 is 0 Å².